The van der Waals surface area contributed by atoms with Gasteiger partial charge in [0.2, 0.25) is 0 Å². The zero-order valence-electron chi connectivity index (χ0n) is 10.5. The van der Waals surface area contributed by atoms with Crippen LogP contribution in [0.5, 0.6) is 5.75 Å². The predicted octanol–water partition coefficient (Wildman–Crippen LogP) is 2.24. The van der Waals surface area contributed by atoms with Crippen LogP contribution in [0.4, 0.5) is 0 Å². The van der Waals surface area contributed by atoms with Crippen LogP contribution in [0.3, 0.4) is 0 Å². The first-order chi connectivity index (χ1) is 9.08. The molecule has 1 aromatic rings. The minimum absolute atomic E-state index is 0.245. The summed E-state index contributed by atoms with van der Waals surface area (Å²) in [4.78, 5) is 13.8. The highest BCUT2D eigenvalue weighted by Crippen LogP contribution is 2.36. The number of aliphatic hydroxyl groups excluding tert-OH is 1. The smallest absolute Gasteiger partial charge is 0.268 e. The van der Waals surface area contributed by atoms with E-state index in [1.54, 1.807) is 7.11 Å². The van der Waals surface area contributed by atoms with Gasteiger partial charge in [-0.2, -0.15) is 0 Å². The normalized spacial score (nSPS) is 17.9. The fourth-order valence-electron chi connectivity index (χ4n) is 1.72. The molecule has 1 aromatic carbocycles. The zero-order valence-corrected chi connectivity index (χ0v) is 12.2. The Morgan fingerprint density at radius 2 is 2.05 bits per heavy atom. The number of carbonyl (C=O) groups excluding carboxylic acids is 1. The Morgan fingerprint density at radius 3 is 2.53 bits per heavy atom. The van der Waals surface area contributed by atoms with Crippen molar-refractivity contribution in [3.8, 4) is 5.75 Å². The van der Waals surface area contributed by atoms with E-state index in [1.165, 1.54) is 16.7 Å². The van der Waals surface area contributed by atoms with Gasteiger partial charge in [0.25, 0.3) is 5.91 Å². The van der Waals surface area contributed by atoms with Crippen molar-refractivity contribution in [2.75, 3.05) is 13.8 Å². The molecule has 0 spiro atoms. The molecule has 0 aliphatic carbocycles. The van der Waals surface area contributed by atoms with Gasteiger partial charge in [0.15, 0.2) is 0 Å². The number of thiocarbonyl (C=S) groups is 1. The van der Waals surface area contributed by atoms with E-state index < -0.39 is 0 Å². The highest BCUT2D eigenvalue weighted by molar-refractivity contribution is 8.26. The molecule has 0 aromatic heterocycles. The van der Waals surface area contributed by atoms with Crippen molar-refractivity contribution in [3.05, 3.63) is 34.7 Å². The fourth-order valence-corrected chi connectivity index (χ4v) is 3.01. The number of rotatable bonds is 3. The van der Waals surface area contributed by atoms with E-state index >= 15 is 0 Å². The summed E-state index contributed by atoms with van der Waals surface area (Å²) in [6, 6.07) is 7.45. The minimum Gasteiger partial charge on any atom is -0.497 e. The van der Waals surface area contributed by atoms with Crippen molar-refractivity contribution in [1.29, 1.82) is 0 Å². The molecule has 6 heteroatoms. The number of amides is 1. The van der Waals surface area contributed by atoms with Crippen LogP contribution in [-0.2, 0) is 4.79 Å². The standard InChI is InChI=1S/C13H13NO3S2/c1-8(9-3-5-10(17-2)6-4-9)11-12(16)14(7-15)13(18)19-11/h3-6,15H,7H2,1-2H3/b11-8+. The Kier molecular flexibility index (Phi) is 4.24. The summed E-state index contributed by atoms with van der Waals surface area (Å²) < 4.78 is 5.48. The van der Waals surface area contributed by atoms with E-state index in [-0.39, 0.29) is 12.6 Å². The number of benzene rings is 1. The largest absolute Gasteiger partial charge is 0.497 e. The third-order valence-electron chi connectivity index (χ3n) is 2.85. The SMILES string of the molecule is COc1ccc(/C(C)=C2/SC(=S)N(CO)C2=O)cc1. The van der Waals surface area contributed by atoms with E-state index in [2.05, 4.69) is 0 Å². The van der Waals surface area contributed by atoms with Crippen molar-refractivity contribution in [2.24, 2.45) is 0 Å². The van der Waals surface area contributed by atoms with Gasteiger partial charge in [0, 0.05) is 0 Å². The average Bonchev–Trinajstić information content (AvgIpc) is 2.72. The Morgan fingerprint density at radius 1 is 1.42 bits per heavy atom. The van der Waals surface area contributed by atoms with Crippen LogP contribution in [-0.4, -0.2) is 34.1 Å². The topological polar surface area (TPSA) is 49.8 Å². The van der Waals surface area contributed by atoms with Crippen LogP contribution < -0.4 is 4.74 Å². The molecule has 0 unspecified atom stereocenters. The first-order valence-corrected chi connectivity index (χ1v) is 6.80. The van der Waals surface area contributed by atoms with Crippen molar-refractivity contribution < 1.29 is 14.6 Å². The van der Waals surface area contributed by atoms with Gasteiger partial charge < -0.3 is 9.84 Å². The van der Waals surface area contributed by atoms with Crippen LogP contribution >= 0.6 is 24.0 Å². The number of nitrogens with zero attached hydrogens (tertiary/aromatic N) is 1. The average molecular weight is 295 g/mol. The molecule has 1 amide bonds. The zero-order chi connectivity index (χ0) is 14.0. The Bertz CT molecular complexity index is 552. The first-order valence-electron chi connectivity index (χ1n) is 5.58. The minimum atomic E-state index is -0.385. The molecule has 1 aliphatic heterocycles. The summed E-state index contributed by atoms with van der Waals surface area (Å²) in [7, 11) is 1.61. The van der Waals surface area contributed by atoms with Crippen molar-refractivity contribution in [1.82, 2.24) is 4.90 Å². The van der Waals surface area contributed by atoms with Crippen molar-refractivity contribution >= 4 is 39.8 Å². The first kappa shape index (κ1) is 14.0. The summed E-state index contributed by atoms with van der Waals surface area (Å²) in [6.07, 6.45) is 0. The summed E-state index contributed by atoms with van der Waals surface area (Å²) in [5.74, 6) is 0.519. The molecule has 100 valence electrons. The van der Waals surface area contributed by atoms with Gasteiger partial charge in [0.1, 0.15) is 16.8 Å². The fraction of sp³-hybridized carbons (Fsp3) is 0.231. The second-order valence-electron chi connectivity index (χ2n) is 3.93. The van der Waals surface area contributed by atoms with Gasteiger partial charge in [-0.3, -0.25) is 9.69 Å². The van der Waals surface area contributed by atoms with Crippen LogP contribution in [0, 0.1) is 0 Å². The van der Waals surface area contributed by atoms with Crippen LogP contribution in [0.2, 0.25) is 0 Å². The molecule has 1 N–H and O–H groups in total. The Balaban J connectivity index is 2.36. The van der Waals surface area contributed by atoms with Gasteiger partial charge in [-0.1, -0.05) is 36.1 Å². The van der Waals surface area contributed by atoms with E-state index in [1.807, 2.05) is 31.2 Å². The van der Waals surface area contributed by atoms with Gasteiger partial charge in [-0.05, 0) is 30.2 Å². The van der Waals surface area contributed by atoms with E-state index in [0.717, 1.165) is 16.9 Å². The monoisotopic (exact) mass is 295 g/mol. The van der Waals surface area contributed by atoms with Gasteiger partial charge in [0.05, 0.1) is 12.0 Å². The number of methoxy groups -OCH3 is 1. The molecule has 4 nitrogen and oxygen atoms in total. The molecule has 1 heterocycles. The molecule has 1 fully saturated rings. The number of thioether (sulfide) groups is 1. The maximum atomic E-state index is 12.1. The van der Waals surface area contributed by atoms with Gasteiger partial charge >= 0.3 is 0 Å². The number of ether oxygens (including phenoxy) is 1. The summed E-state index contributed by atoms with van der Waals surface area (Å²) in [6.45, 7) is 1.48. The maximum absolute atomic E-state index is 12.1. The molecule has 2 rings (SSSR count). The summed E-state index contributed by atoms with van der Waals surface area (Å²) in [5, 5.41) is 9.11. The van der Waals surface area contributed by atoms with E-state index in [9.17, 15) is 4.79 Å². The highest BCUT2D eigenvalue weighted by atomic mass is 32.2. The Labute approximate surface area is 121 Å². The summed E-state index contributed by atoms with van der Waals surface area (Å²) >= 11 is 6.27. The predicted molar refractivity (Wildman–Crippen MR) is 79.7 cm³/mol. The lowest BCUT2D eigenvalue weighted by Gasteiger charge is -2.09. The molecule has 0 radical (unpaired) electrons. The molecular formula is C13H13NO3S2. The molecule has 0 bridgehead atoms. The number of carbonyl (C=O) groups is 1. The summed E-state index contributed by atoms with van der Waals surface area (Å²) in [5.41, 5.74) is 1.77. The number of hydrogen-bond acceptors (Lipinski definition) is 5. The third-order valence-corrected chi connectivity index (χ3v) is 4.40. The lowest BCUT2D eigenvalue weighted by Crippen LogP contribution is -2.28. The highest BCUT2D eigenvalue weighted by Gasteiger charge is 2.33. The number of allylic oxidation sites excluding steroid dienone is 1. The molecule has 0 atom stereocenters. The second kappa shape index (κ2) is 5.73. The van der Waals surface area contributed by atoms with Crippen LogP contribution in [0.1, 0.15) is 12.5 Å². The molecule has 1 saturated heterocycles. The van der Waals surface area contributed by atoms with Crippen LogP contribution in [0.15, 0.2) is 29.2 Å². The molecular weight excluding hydrogens is 282 g/mol. The van der Waals surface area contributed by atoms with Crippen molar-refractivity contribution in [2.45, 2.75) is 6.92 Å². The lowest BCUT2D eigenvalue weighted by atomic mass is 10.1. The van der Waals surface area contributed by atoms with Gasteiger partial charge in [-0.25, -0.2) is 0 Å². The quantitative estimate of drug-likeness (QED) is 0.684. The maximum Gasteiger partial charge on any atom is 0.268 e. The molecule has 19 heavy (non-hydrogen) atoms. The van der Waals surface area contributed by atoms with Gasteiger partial charge in [-0.15, -0.1) is 0 Å². The lowest BCUT2D eigenvalue weighted by molar-refractivity contribution is -0.124. The third kappa shape index (κ3) is 2.65. The van der Waals surface area contributed by atoms with E-state index in [4.69, 9.17) is 22.1 Å². The second-order valence-corrected chi connectivity index (χ2v) is 5.57. The van der Waals surface area contributed by atoms with Crippen molar-refractivity contribution in [3.63, 3.8) is 0 Å². The van der Waals surface area contributed by atoms with E-state index in [0.29, 0.717) is 9.23 Å². The molecule has 0 saturated carbocycles. The Hall–Kier alpha value is -1.37. The number of hydrogen-bond donors (Lipinski definition) is 1. The van der Waals surface area contributed by atoms with Crippen LogP contribution in [0.25, 0.3) is 5.57 Å². The number of aliphatic hydroxyl groups is 1. The molecule has 1 aliphatic rings.